The van der Waals surface area contributed by atoms with Crippen LogP contribution >= 0.6 is 0 Å². The number of carbonyl (C=O) groups excluding carboxylic acids is 8. The summed E-state index contributed by atoms with van der Waals surface area (Å²) in [4.78, 5) is 116. The van der Waals surface area contributed by atoms with Gasteiger partial charge in [-0.05, 0) is 252 Å². The van der Waals surface area contributed by atoms with Crippen molar-refractivity contribution in [2.45, 2.75) is 261 Å². The van der Waals surface area contributed by atoms with Gasteiger partial charge in [0, 0.05) is 237 Å². The summed E-state index contributed by atoms with van der Waals surface area (Å²) in [6.07, 6.45) is 9.09. The third kappa shape index (κ3) is 36.1. The number of nitrogens with one attached hydrogen (secondary N) is 8. The van der Waals surface area contributed by atoms with Crippen molar-refractivity contribution in [2.24, 2.45) is 45.9 Å². The zero-order valence-corrected chi connectivity index (χ0v) is 86.3. The molecule has 0 atom stereocenters. The largest absolute Gasteiger partial charge is 0.493 e. The molecule has 0 unspecified atom stereocenters. The molecule has 0 aliphatic heterocycles. The first-order valence-electron chi connectivity index (χ1n) is 52.2. The molecule has 0 saturated heterocycles. The summed E-state index contributed by atoms with van der Waals surface area (Å²) < 4.78 is 57.5. The van der Waals surface area contributed by atoms with Crippen LogP contribution in [-0.4, -0.2) is 152 Å². The highest BCUT2D eigenvalue weighted by molar-refractivity contribution is 5.96. The lowest BCUT2D eigenvalue weighted by atomic mass is 9.90. The zero-order chi connectivity index (χ0) is 104. The average Bonchev–Trinajstić information content (AvgIpc) is 0.775. The van der Waals surface area contributed by atoms with Crippen LogP contribution in [0.4, 0.5) is 45.5 Å². The second-order valence-electron chi connectivity index (χ2n) is 36.7. The number of rotatable bonds is 56. The minimum Gasteiger partial charge on any atom is -0.493 e. The number of nitrogens with two attached hydrogens (primary N) is 8. The average molecular weight is 1990 g/mol. The van der Waals surface area contributed by atoms with E-state index in [1.807, 2.05) is 152 Å². The Morgan fingerprint density at radius 2 is 0.271 bits per heavy atom. The Morgan fingerprint density at radius 1 is 0.181 bits per heavy atom. The normalized spacial score (nSPS) is 11.9. The van der Waals surface area contributed by atoms with E-state index >= 15 is 0 Å². The van der Waals surface area contributed by atoms with Gasteiger partial charge < -0.3 is 126 Å². The van der Waals surface area contributed by atoms with E-state index in [-0.39, 0.29) is 255 Å². The summed E-state index contributed by atoms with van der Waals surface area (Å²) in [5, 5.41) is 25.9. The smallest absolute Gasteiger partial charge is 0.224 e. The SMILES string of the molecule is CCCOc1c2cc(NC(=O)CCCN)cc1Cc1cc(NC(=O)CCCN)cc(c1OCCC)Cc1cc(NC(=O)CCCN)cc(c1OCCC)Cc1cc(NC(=O)CCCN)cc(c1OCCC)Cc1cc(NC(=O)CCCN)cc(c1OCCC)Cc1cc(NC(=O)CCCN)cc(c1OCCC)Cc1cc(NC(=O)CCCN)cc(c1OCCC)Cc1cc(NC(=O)CCCN)cc(c1OCCC)C2. The van der Waals surface area contributed by atoms with Gasteiger partial charge >= 0.3 is 0 Å². The maximum atomic E-state index is 14.5. The van der Waals surface area contributed by atoms with Crippen molar-refractivity contribution in [3.63, 3.8) is 0 Å². The lowest BCUT2D eigenvalue weighted by Crippen LogP contribution is -2.16. The van der Waals surface area contributed by atoms with Crippen molar-refractivity contribution in [1.82, 2.24) is 0 Å². The number of carbonyl (C=O) groups is 8. The van der Waals surface area contributed by atoms with Crippen LogP contribution in [0.1, 0.15) is 299 Å². The van der Waals surface area contributed by atoms with E-state index in [9.17, 15) is 38.4 Å². The molecule has 144 heavy (non-hydrogen) atoms. The van der Waals surface area contributed by atoms with E-state index in [0.29, 0.717) is 283 Å². The lowest BCUT2D eigenvalue weighted by Gasteiger charge is -2.25. The fourth-order valence-corrected chi connectivity index (χ4v) is 17.4. The summed E-state index contributed by atoms with van der Waals surface area (Å²) >= 11 is 0. The van der Waals surface area contributed by atoms with Crippen LogP contribution in [0, 0.1) is 0 Å². The lowest BCUT2D eigenvalue weighted by molar-refractivity contribution is -0.117. The van der Waals surface area contributed by atoms with Gasteiger partial charge in [-0.25, -0.2) is 0 Å². The molecule has 1 aliphatic rings. The first-order valence-corrected chi connectivity index (χ1v) is 52.2. The van der Waals surface area contributed by atoms with Crippen LogP contribution in [0.25, 0.3) is 0 Å². The monoisotopic (exact) mass is 1990 g/mol. The molecule has 8 aromatic carbocycles. The number of amides is 8. The first-order chi connectivity index (χ1) is 69.9. The third-order valence-electron chi connectivity index (χ3n) is 23.7. The topological polar surface area (TPSA) is 515 Å². The van der Waals surface area contributed by atoms with Gasteiger partial charge in [0.2, 0.25) is 47.3 Å². The highest BCUT2D eigenvalue weighted by Gasteiger charge is 2.31. The molecular formula is C112H160N16O16. The van der Waals surface area contributed by atoms with Crippen LogP contribution in [0.3, 0.4) is 0 Å². The van der Waals surface area contributed by atoms with Crippen LogP contribution < -0.4 is 126 Å². The highest BCUT2D eigenvalue weighted by Crippen LogP contribution is 2.47. The Kier molecular flexibility index (Phi) is 49.9. The Hall–Kier alpha value is -12.4. The molecule has 8 aromatic rings. The molecule has 1 aliphatic carbocycles. The quantitative estimate of drug-likeness (QED) is 0.0168. The minimum atomic E-state index is -0.290. The van der Waals surface area contributed by atoms with Crippen LogP contribution in [0.5, 0.6) is 46.0 Å². The van der Waals surface area contributed by atoms with Gasteiger partial charge in [0.1, 0.15) is 46.0 Å². The van der Waals surface area contributed by atoms with Gasteiger partial charge in [0.25, 0.3) is 0 Å². The summed E-state index contributed by atoms with van der Waals surface area (Å²) in [5.41, 5.74) is 62.1. The van der Waals surface area contributed by atoms with Crippen LogP contribution in [0.2, 0.25) is 0 Å². The molecule has 0 fully saturated rings. The maximum Gasteiger partial charge on any atom is 0.224 e. The van der Waals surface area contributed by atoms with Gasteiger partial charge in [-0.15, -0.1) is 0 Å². The van der Waals surface area contributed by atoms with Crippen molar-refractivity contribution in [3.8, 4) is 46.0 Å². The molecule has 32 nitrogen and oxygen atoms in total. The Labute approximate surface area is 851 Å². The summed E-state index contributed by atoms with van der Waals surface area (Å²) in [7, 11) is 0. The Bertz CT molecular complexity index is 4370. The summed E-state index contributed by atoms with van der Waals surface area (Å²) in [5.74, 6) is 1.45. The number of benzene rings is 8. The molecule has 16 bridgehead atoms. The zero-order valence-electron chi connectivity index (χ0n) is 86.3. The first kappa shape index (κ1) is 115. The van der Waals surface area contributed by atoms with Gasteiger partial charge in [-0.1, -0.05) is 55.4 Å². The molecule has 32 heteroatoms. The summed E-state index contributed by atoms with van der Waals surface area (Å²) in [6.45, 7) is 20.1. The molecule has 784 valence electrons. The molecule has 8 amide bonds. The Morgan fingerprint density at radius 3 is 0.347 bits per heavy atom. The number of hydrogen-bond acceptors (Lipinski definition) is 24. The van der Waals surface area contributed by atoms with E-state index in [1.54, 1.807) is 0 Å². The molecule has 0 heterocycles. The fourth-order valence-electron chi connectivity index (χ4n) is 17.4. The molecule has 0 radical (unpaired) electrons. The molecular weight excluding hydrogens is 1830 g/mol. The number of hydrogen-bond donors (Lipinski definition) is 16. The molecule has 0 aromatic heterocycles. The van der Waals surface area contributed by atoms with E-state index in [0.717, 1.165) is 0 Å². The van der Waals surface area contributed by atoms with E-state index in [2.05, 4.69) is 42.5 Å². The van der Waals surface area contributed by atoms with Crippen molar-refractivity contribution in [3.05, 3.63) is 186 Å². The number of fused-ring (bicyclic) bond motifs is 16. The van der Waals surface area contributed by atoms with Gasteiger partial charge in [0.05, 0.1) is 52.9 Å². The van der Waals surface area contributed by atoms with E-state index in [1.165, 1.54) is 0 Å². The fraction of sp³-hybridized carbons (Fsp3) is 0.500. The molecule has 0 saturated carbocycles. The van der Waals surface area contributed by atoms with Crippen molar-refractivity contribution >= 4 is 92.8 Å². The minimum absolute atomic E-state index is 0.0624. The number of ether oxygens (including phenoxy) is 8. The van der Waals surface area contributed by atoms with E-state index < -0.39 is 0 Å². The van der Waals surface area contributed by atoms with Crippen molar-refractivity contribution < 1.29 is 76.3 Å². The highest BCUT2D eigenvalue weighted by atomic mass is 16.5. The second-order valence-corrected chi connectivity index (χ2v) is 36.7. The van der Waals surface area contributed by atoms with Gasteiger partial charge in [0.15, 0.2) is 0 Å². The van der Waals surface area contributed by atoms with Crippen LogP contribution in [0.15, 0.2) is 97.1 Å². The number of anilines is 8. The maximum absolute atomic E-state index is 14.5. The van der Waals surface area contributed by atoms with Gasteiger partial charge in [-0.2, -0.15) is 0 Å². The van der Waals surface area contributed by atoms with Crippen molar-refractivity contribution in [2.75, 3.05) is 148 Å². The predicted molar refractivity (Wildman–Crippen MR) is 576 cm³/mol. The third-order valence-corrected chi connectivity index (χ3v) is 23.7. The second kappa shape index (κ2) is 62.3. The predicted octanol–water partition coefficient (Wildman–Crippen LogP) is 16.5. The molecule has 9 rings (SSSR count). The van der Waals surface area contributed by atoms with Crippen molar-refractivity contribution in [1.29, 1.82) is 0 Å². The van der Waals surface area contributed by atoms with Crippen LogP contribution in [-0.2, 0) is 89.7 Å². The summed E-state index contributed by atoms with van der Waals surface area (Å²) in [6, 6.07) is 30.5. The molecule has 0 spiro atoms. The van der Waals surface area contributed by atoms with Gasteiger partial charge in [-0.3, -0.25) is 38.4 Å². The van der Waals surface area contributed by atoms with E-state index in [4.69, 9.17) is 83.8 Å². The standard InChI is InChI=1S/C112H160N16O16/c1-9-41-137-105-73-49-75-59-90(122-98(130)26-18-34-114)61-77(106(75)138-42-10-2)51-79-63-92(124-100(132)28-20-36-116)65-81(108(79)140-44-12-4)53-83-67-94(126-102(134)30-22-38-118)69-85(110(83)142-46-14-6)55-87-71-96(128-104(136)32-24-40-120)72-88(112(87)144-48-16-8)56-86-70-95(127-103(135)31-23-39-119)68-84(111(86)143-47-15-7)54-82-66-93(125-101(133)29-21-37-117)64-80(109(82)141-45-13-5)52-78-62-91(123-99(131)27-19-35-115)60-76(107(78)139-43-11-3)50-74(105)58-89(57-73)121-97(129)25-17-33-113/h57-72H,9-56,113-120H2,1-8H3,(H,121,129)(H,122,130)(H,123,131)(H,124,132)(H,125,133)(H,126,134)(H,127,135)(H,128,136). The Balaban J connectivity index is 1.55. The molecule has 24 N–H and O–H groups in total.